The Labute approximate surface area is 323 Å². The highest BCUT2D eigenvalue weighted by Gasteiger charge is 2.28. The first kappa shape index (κ1) is 51.5. The number of phosphoric acid groups is 1. The maximum atomic E-state index is 12.3. The molecule has 1 amide bonds. The molecule has 4 N–H and O–H groups in total. The summed E-state index contributed by atoms with van der Waals surface area (Å²) in [5.74, 6) is -2.35. The predicted molar refractivity (Wildman–Crippen MR) is 213 cm³/mol. The van der Waals surface area contributed by atoms with Gasteiger partial charge in [0.05, 0.1) is 13.2 Å². The summed E-state index contributed by atoms with van der Waals surface area (Å²) in [6, 6.07) is -1.54. The number of carboxylic acids is 1. The Morgan fingerprint density at radius 1 is 0.528 bits per heavy atom. The number of hydrogen-bond donors (Lipinski definition) is 4. The van der Waals surface area contributed by atoms with Gasteiger partial charge in [-0.1, -0.05) is 187 Å². The summed E-state index contributed by atoms with van der Waals surface area (Å²) in [5, 5.41) is 21.8. The number of carboxylic acid groups (broad SMARTS) is 1. The molecule has 0 aromatic heterocycles. The van der Waals surface area contributed by atoms with Crippen molar-refractivity contribution >= 4 is 25.7 Å². The van der Waals surface area contributed by atoms with Crippen LogP contribution >= 0.6 is 7.82 Å². The lowest BCUT2D eigenvalue weighted by Gasteiger charge is -2.18. The van der Waals surface area contributed by atoms with Crippen molar-refractivity contribution in [1.82, 2.24) is 5.32 Å². The van der Waals surface area contributed by atoms with Crippen molar-refractivity contribution in [2.75, 3.05) is 19.8 Å². The van der Waals surface area contributed by atoms with Crippen LogP contribution in [0.1, 0.15) is 213 Å². The van der Waals surface area contributed by atoms with E-state index in [1.807, 2.05) is 0 Å². The smallest absolute Gasteiger partial charge is 0.472 e. The Hall–Kier alpha value is -1.52. The maximum Gasteiger partial charge on any atom is 0.472 e. The van der Waals surface area contributed by atoms with Gasteiger partial charge in [-0.2, -0.15) is 0 Å². The van der Waals surface area contributed by atoms with Crippen molar-refractivity contribution in [3.05, 3.63) is 0 Å². The summed E-state index contributed by atoms with van der Waals surface area (Å²) in [5.41, 5.74) is 0. The second-order valence-corrected chi connectivity index (χ2v) is 16.4. The van der Waals surface area contributed by atoms with Gasteiger partial charge in [0.2, 0.25) is 5.91 Å². The Morgan fingerprint density at radius 3 is 1.25 bits per heavy atom. The molecule has 314 valence electrons. The summed E-state index contributed by atoms with van der Waals surface area (Å²) in [7, 11) is -4.74. The van der Waals surface area contributed by atoms with E-state index in [-0.39, 0.29) is 12.8 Å². The zero-order valence-electron chi connectivity index (χ0n) is 33.8. The van der Waals surface area contributed by atoms with Crippen molar-refractivity contribution in [2.45, 2.75) is 225 Å². The van der Waals surface area contributed by atoms with E-state index < -0.39 is 57.6 Å². The first-order valence-corrected chi connectivity index (χ1v) is 23.1. The van der Waals surface area contributed by atoms with Crippen molar-refractivity contribution in [1.29, 1.82) is 0 Å². The van der Waals surface area contributed by atoms with Gasteiger partial charge < -0.3 is 25.2 Å². The molecule has 3 unspecified atom stereocenters. The number of rotatable bonds is 41. The molecule has 0 spiro atoms. The first-order chi connectivity index (χ1) is 25.6. The molecular formula is C41H80NO10P. The van der Waals surface area contributed by atoms with E-state index >= 15 is 0 Å². The van der Waals surface area contributed by atoms with Crippen LogP contribution < -0.4 is 5.32 Å². The second kappa shape index (κ2) is 37.4. The van der Waals surface area contributed by atoms with Crippen LogP contribution in [0.5, 0.6) is 0 Å². The molecule has 0 aromatic carbocycles. The minimum atomic E-state index is -4.74. The van der Waals surface area contributed by atoms with Gasteiger partial charge >= 0.3 is 19.8 Å². The highest BCUT2D eigenvalue weighted by Crippen LogP contribution is 2.43. The molecule has 0 aliphatic carbocycles. The number of aliphatic hydroxyl groups is 1. The normalized spacial score (nSPS) is 13.7. The van der Waals surface area contributed by atoms with E-state index in [1.165, 1.54) is 135 Å². The molecule has 11 nitrogen and oxygen atoms in total. The fraction of sp³-hybridized carbons (Fsp3) is 0.927. The molecule has 0 aliphatic rings. The number of phosphoric ester groups is 1. The number of ether oxygens (including phenoxy) is 1. The number of hydrogen-bond acceptors (Lipinski definition) is 8. The Kier molecular flexibility index (Phi) is 36.3. The van der Waals surface area contributed by atoms with Crippen LogP contribution in [0.3, 0.4) is 0 Å². The first-order valence-electron chi connectivity index (χ1n) is 21.6. The number of carbonyl (C=O) groups is 3. The SMILES string of the molecule is CCCCCCCCCCCCCCCCCCC(=O)NC(COP(=O)(O)OCC(O)COC(=O)CCCCCCCCCCCCCCC)C(=O)O. The van der Waals surface area contributed by atoms with Crippen molar-refractivity contribution in [2.24, 2.45) is 0 Å². The summed E-state index contributed by atoms with van der Waals surface area (Å²) in [4.78, 5) is 45.8. The number of unbranched alkanes of at least 4 members (excludes halogenated alkanes) is 27. The molecule has 0 rings (SSSR count). The van der Waals surface area contributed by atoms with E-state index in [0.717, 1.165) is 38.5 Å². The molecule has 0 saturated carbocycles. The minimum Gasteiger partial charge on any atom is -0.480 e. The molecular weight excluding hydrogens is 697 g/mol. The predicted octanol–water partition coefficient (Wildman–Crippen LogP) is 10.7. The van der Waals surface area contributed by atoms with Crippen LogP contribution in [0.15, 0.2) is 0 Å². The van der Waals surface area contributed by atoms with Crippen LogP contribution in [-0.4, -0.2) is 64.9 Å². The van der Waals surface area contributed by atoms with E-state index in [9.17, 15) is 34.1 Å². The van der Waals surface area contributed by atoms with Crippen LogP contribution in [0.4, 0.5) is 0 Å². The minimum absolute atomic E-state index is 0.153. The fourth-order valence-electron chi connectivity index (χ4n) is 6.26. The lowest BCUT2D eigenvalue weighted by Crippen LogP contribution is -2.43. The molecule has 0 aromatic rings. The van der Waals surface area contributed by atoms with Crippen LogP contribution in [0.25, 0.3) is 0 Å². The number of aliphatic carboxylic acids is 1. The molecule has 12 heteroatoms. The molecule has 3 atom stereocenters. The van der Waals surface area contributed by atoms with Crippen LogP contribution in [0, 0.1) is 0 Å². The molecule has 0 fully saturated rings. The van der Waals surface area contributed by atoms with Gasteiger partial charge in [0, 0.05) is 12.8 Å². The molecule has 0 saturated heterocycles. The highest BCUT2D eigenvalue weighted by atomic mass is 31.2. The average Bonchev–Trinajstić information content (AvgIpc) is 3.13. The third kappa shape index (κ3) is 37.2. The maximum absolute atomic E-state index is 12.3. The molecule has 0 heterocycles. The fourth-order valence-corrected chi connectivity index (χ4v) is 7.03. The van der Waals surface area contributed by atoms with Gasteiger partial charge in [-0.25, -0.2) is 9.36 Å². The van der Waals surface area contributed by atoms with Gasteiger partial charge in [-0.3, -0.25) is 18.6 Å². The largest absolute Gasteiger partial charge is 0.480 e. The third-order valence-corrected chi connectivity index (χ3v) is 10.6. The topological polar surface area (TPSA) is 169 Å². The highest BCUT2D eigenvalue weighted by molar-refractivity contribution is 7.47. The molecule has 0 aliphatic heterocycles. The third-order valence-electron chi connectivity index (χ3n) is 9.65. The lowest BCUT2D eigenvalue weighted by atomic mass is 10.0. The van der Waals surface area contributed by atoms with Gasteiger partial charge in [-0.15, -0.1) is 0 Å². The number of esters is 1. The van der Waals surface area contributed by atoms with Gasteiger partial charge in [0.1, 0.15) is 12.7 Å². The lowest BCUT2D eigenvalue weighted by molar-refractivity contribution is -0.147. The molecule has 53 heavy (non-hydrogen) atoms. The molecule has 0 bridgehead atoms. The summed E-state index contributed by atoms with van der Waals surface area (Å²) < 4.78 is 26.8. The summed E-state index contributed by atoms with van der Waals surface area (Å²) in [6.45, 7) is 2.61. The zero-order chi connectivity index (χ0) is 39.3. The van der Waals surface area contributed by atoms with Crippen molar-refractivity contribution in [3.63, 3.8) is 0 Å². The second-order valence-electron chi connectivity index (χ2n) is 14.9. The number of nitrogens with one attached hydrogen (secondary N) is 1. The van der Waals surface area contributed by atoms with Gasteiger partial charge in [0.15, 0.2) is 6.04 Å². The van der Waals surface area contributed by atoms with Gasteiger partial charge in [0.25, 0.3) is 0 Å². The van der Waals surface area contributed by atoms with Crippen molar-refractivity contribution in [3.8, 4) is 0 Å². The number of carbonyl (C=O) groups excluding carboxylic acids is 2. The van der Waals surface area contributed by atoms with Gasteiger partial charge in [-0.05, 0) is 12.8 Å². The van der Waals surface area contributed by atoms with E-state index in [2.05, 4.69) is 19.2 Å². The summed E-state index contributed by atoms with van der Waals surface area (Å²) in [6.07, 6.45) is 34.1. The zero-order valence-corrected chi connectivity index (χ0v) is 34.7. The Bertz CT molecular complexity index is 921. The average molecular weight is 778 g/mol. The van der Waals surface area contributed by atoms with Crippen LogP contribution in [-0.2, 0) is 32.7 Å². The monoisotopic (exact) mass is 778 g/mol. The van der Waals surface area contributed by atoms with E-state index in [0.29, 0.717) is 12.8 Å². The van der Waals surface area contributed by atoms with Crippen LogP contribution in [0.2, 0.25) is 0 Å². The van der Waals surface area contributed by atoms with Crippen molar-refractivity contribution < 1.29 is 47.8 Å². The standard InChI is InChI=1S/C41H80NO10P/c1-3-5-7-9-11-13-15-17-18-19-21-22-24-26-28-30-32-39(44)42-38(41(46)47)36-52-53(48,49)51-35-37(43)34-50-40(45)33-31-29-27-25-23-20-16-14-12-10-8-6-4-2/h37-38,43H,3-36H2,1-2H3,(H,42,44)(H,46,47)(H,48,49). The Balaban J connectivity index is 3.88. The van der Waals surface area contributed by atoms with E-state index in [1.54, 1.807) is 0 Å². The number of aliphatic hydroxyl groups excluding tert-OH is 1. The Morgan fingerprint density at radius 2 is 0.868 bits per heavy atom. The summed E-state index contributed by atoms with van der Waals surface area (Å²) >= 11 is 0. The van der Waals surface area contributed by atoms with E-state index in [4.69, 9.17) is 13.8 Å². The quantitative estimate of drug-likeness (QED) is 0.0266. The number of amides is 1. The molecule has 0 radical (unpaired) electrons.